The minimum absolute atomic E-state index is 0.00487. The van der Waals surface area contributed by atoms with Gasteiger partial charge in [0.2, 0.25) is 0 Å². The fourth-order valence-electron chi connectivity index (χ4n) is 4.59. The predicted octanol–water partition coefficient (Wildman–Crippen LogP) is 4.97. The quantitative estimate of drug-likeness (QED) is 0.631. The fraction of sp³-hybridized carbons (Fsp3) is 0.250. The summed E-state index contributed by atoms with van der Waals surface area (Å²) in [6.07, 6.45) is 1.84. The molecule has 0 spiro atoms. The van der Waals surface area contributed by atoms with Crippen molar-refractivity contribution >= 4 is 29.1 Å². The Morgan fingerprint density at radius 3 is 2.03 bits per heavy atom. The van der Waals surface area contributed by atoms with Crippen molar-refractivity contribution in [3.05, 3.63) is 92.6 Å². The van der Waals surface area contributed by atoms with Crippen LogP contribution in [-0.2, 0) is 11.2 Å². The van der Waals surface area contributed by atoms with Gasteiger partial charge in [0.15, 0.2) is 23.1 Å². The molecule has 2 aromatic carbocycles. The molecule has 0 aromatic heterocycles. The minimum atomic E-state index is -0.965. The van der Waals surface area contributed by atoms with E-state index in [2.05, 4.69) is 0 Å². The lowest BCUT2D eigenvalue weighted by Crippen LogP contribution is -2.30. The second-order valence-corrected chi connectivity index (χ2v) is 8.59. The molecular weight excluding hydrogens is 432 g/mol. The summed E-state index contributed by atoms with van der Waals surface area (Å²) in [6, 6.07) is 11.2. The summed E-state index contributed by atoms with van der Waals surface area (Å²) in [7, 11) is 0. The van der Waals surface area contributed by atoms with E-state index in [1.165, 1.54) is 13.0 Å². The van der Waals surface area contributed by atoms with Crippen molar-refractivity contribution in [1.29, 1.82) is 0 Å². The maximum Gasteiger partial charge on any atom is 0.303 e. The average molecular weight is 456 g/mol. The molecule has 0 saturated carbocycles. The summed E-state index contributed by atoms with van der Waals surface area (Å²) in [4.78, 5) is 64.9. The lowest BCUT2D eigenvalue weighted by Gasteiger charge is -2.26. The Kier molecular flexibility index (Phi) is 6.24. The third-order valence-corrected chi connectivity index (χ3v) is 6.39. The normalized spacial score (nSPS) is 15.6. The Morgan fingerprint density at radius 1 is 0.765 bits per heavy atom. The second kappa shape index (κ2) is 9.14. The van der Waals surface area contributed by atoms with E-state index in [0.717, 1.165) is 6.42 Å². The molecule has 0 fully saturated rings. The molecule has 1 N–H and O–H groups in total. The van der Waals surface area contributed by atoms with Crippen molar-refractivity contribution in [3.8, 4) is 0 Å². The van der Waals surface area contributed by atoms with Crippen molar-refractivity contribution in [2.75, 3.05) is 0 Å². The molecule has 2 aromatic rings. The van der Waals surface area contributed by atoms with Crippen LogP contribution in [0.25, 0.3) is 0 Å². The van der Waals surface area contributed by atoms with Crippen LogP contribution in [0.2, 0.25) is 0 Å². The number of aryl methyl sites for hydroxylation is 1. The lowest BCUT2D eigenvalue weighted by molar-refractivity contribution is -0.136. The first-order valence-corrected chi connectivity index (χ1v) is 11.3. The number of unbranched alkanes of at least 4 members (excludes halogenated alkanes) is 1. The molecular formula is C28H24O6. The van der Waals surface area contributed by atoms with Gasteiger partial charge >= 0.3 is 5.97 Å². The van der Waals surface area contributed by atoms with Gasteiger partial charge in [-0.15, -0.1) is 0 Å². The molecule has 0 aliphatic heterocycles. The van der Waals surface area contributed by atoms with Gasteiger partial charge in [-0.2, -0.15) is 0 Å². The fourth-order valence-corrected chi connectivity index (χ4v) is 4.59. The van der Waals surface area contributed by atoms with Crippen molar-refractivity contribution in [3.63, 3.8) is 0 Å². The number of benzene rings is 2. The van der Waals surface area contributed by atoms with Crippen LogP contribution in [0.4, 0.5) is 0 Å². The van der Waals surface area contributed by atoms with Crippen molar-refractivity contribution in [2.45, 2.75) is 46.0 Å². The highest BCUT2D eigenvalue weighted by Crippen LogP contribution is 2.38. The zero-order valence-electron chi connectivity index (χ0n) is 19.1. The number of carboxylic acids is 1. The van der Waals surface area contributed by atoms with Crippen LogP contribution in [0, 0.1) is 0 Å². The molecule has 34 heavy (non-hydrogen) atoms. The molecule has 0 bridgehead atoms. The maximum absolute atomic E-state index is 13.8. The number of aliphatic carboxylic acids is 1. The van der Waals surface area contributed by atoms with Crippen LogP contribution < -0.4 is 0 Å². The highest BCUT2D eigenvalue weighted by Gasteiger charge is 2.40. The van der Waals surface area contributed by atoms with Crippen LogP contribution in [0.1, 0.15) is 86.5 Å². The Bertz CT molecular complexity index is 1340. The molecule has 6 nitrogen and oxygen atoms in total. The molecule has 172 valence electrons. The number of Topliss-reactive ketones (excluding diaryl/α,β-unsaturated/α-hetero) is 4. The predicted molar refractivity (Wildman–Crippen MR) is 125 cm³/mol. The standard InChI is InChI=1S/C28H24O6/c1-3-4-7-20-24(23-15(2)25(31)17-8-5-6-9-18(17)27(23)33)28(34)21-14-16(11-13-22(29)30)10-12-19(21)26(20)32/h5-6,8-10,12,14H,3-4,7,11,13H2,1-2H3,(H,29,30). The molecule has 6 heteroatoms. The third-order valence-electron chi connectivity index (χ3n) is 6.39. The molecule has 0 saturated heterocycles. The summed E-state index contributed by atoms with van der Waals surface area (Å²) in [6.45, 7) is 3.49. The van der Waals surface area contributed by atoms with Crippen LogP contribution in [0.15, 0.2) is 64.8 Å². The number of carbonyl (C=O) groups is 5. The van der Waals surface area contributed by atoms with E-state index >= 15 is 0 Å². The van der Waals surface area contributed by atoms with Crippen LogP contribution >= 0.6 is 0 Å². The molecule has 2 aliphatic rings. The zero-order chi connectivity index (χ0) is 24.6. The van der Waals surface area contributed by atoms with E-state index in [-0.39, 0.29) is 69.0 Å². The molecule has 0 unspecified atom stereocenters. The van der Waals surface area contributed by atoms with Crippen molar-refractivity contribution in [2.24, 2.45) is 0 Å². The number of carbonyl (C=O) groups excluding carboxylic acids is 4. The molecule has 0 heterocycles. The number of hydrogen-bond acceptors (Lipinski definition) is 5. The number of fused-ring (bicyclic) bond motifs is 2. The topological polar surface area (TPSA) is 106 Å². The van der Waals surface area contributed by atoms with E-state index in [9.17, 15) is 24.0 Å². The summed E-state index contributed by atoms with van der Waals surface area (Å²) in [5.41, 5.74) is 1.91. The van der Waals surface area contributed by atoms with Crippen molar-refractivity contribution in [1.82, 2.24) is 0 Å². The first-order chi connectivity index (χ1) is 16.3. The van der Waals surface area contributed by atoms with E-state index in [1.807, 2.05) is 6.92 Å². The van der Waals surface area contributed by atoms with Gasteiger partial charge in [0, 0.05) is 51.0 Å². The zero-order valence-corrected chi connectivity index (χ0v) is 19.1. The number of hydrogen-bond donors (Lipinski definition) is 1. The summed E-state index contributed by atoms with van der Waals surface area (Å²) in [5.74, 6) is -2.56. The van der Waals surface area contributed by atoms with E-state index in [1.54, 1.807) is 36.4 Å². The summed E-state index contributed by atoms with van der Waals surface area (Å²) in [5, 5.41) is 9.00. The van der Waals surface area contributed by atoms with Crippen molar-refractivity contribution < 1.29 is 29.1 Å². The first kappa shape index (κ1) is 23.2. The van der Waals surface area contributed by atoms with Gasteiger partial charge in [-0.25, -0.2) is 0 Å². The first-order valence-electron chi connectivity index (χ1n) is 11.3. The molecule has 0 atom stereocenters. The Hall–Kier alpha value is -3.93. The minimum Gasteiger partial charge on any atom is -0.481 e. The largest absolute Gasteiger partial charge is 0.481 e. The number of ketones is 4. The van der Waals surface area contributed by atoms with Gasteiger partial charge in [0.1, 0.15) is 0 Å². The molecule has 4 rings (SSSR count). The smallest absolute Gasteiger partial charge is 0.303 e. The van der Waals surface area contributed by atoms with Gasteiger partial charge in [-0.05, 0) is 37.8 Å². The van der Waals surface area contributed by atoms with Gasteiger partial charge < -0.3 is 5.11 Å². The van der Waals surface area contributed by atoms with Gasteiger partial charge in [-0.1, -0.05) is 49.7 Å². The summed E-state index contributed by atoms with van der Waals surface area (Å²) < 4.78 is 0. The van der Waals surface area contributed by atoms with Crippen LogP contribution in [-0.4, -0.2) is 34.2 Å². The average Bonchev–Trinajstić information content (AvgIpc) is 2.83. The Balaban J connectivity index is 1.90. The highest BCUT2D eigenvalue weighted by molar-refractivity contribution is 6.36. The molecule has 2 aliphatic carbocycles. The second-order valence-electron chi connectivity index (χ2n) is 8.59. The van der Waals surface area contributed by atoms with Gasteiger partial charge in [0.05, 0.1) is 0 Å². The van der Waals surface area contributed by atoms with E-state index < -0.39 is 17.5 Å². The maximum atomic E-state index is 13.8. The Labute approximate surface area is 197 Å². The van der Waals surface area contributed by atoms with E-state index in [0.29, 0.717) is 18.4 Å². The molecule has 0 amide bonds. The van der Waals surface area contributed by atoms with E-state index in [4.69, 9.17) is 5.11 Å². The Morgan fingerprint density at radius 2 is 1.38 bits per heavy atom. The SMILES string of the molecule is CCCCC1=C(C2=C(C)C(=O)c3ccccc3C2=O)C(=O)c2cc(CCC(=O)O)ccc2C1=O. The number of allylic oxidation sites excluding steroid dienone is 4. The molecule has 0 radical (unpaired) electrons. The summed E-state index contributed by atoms with van der Waals surface area (Å²) >= 11 is 0. The van der Waals surface area contributed by atoms with Gasteiger partial charge in [0.25, 0.3) is 0 Å². The lowest BCUT2D eigenvalue weighted by atomic mass is 9.73. The van der Waals surface area contributed by atoms with Gasteiger partial charge in [-0.3, -0.25) is 24.0 Å². The number of carboxylic acid groups (broad SMARTS) is 1. The monoisotopic (exact) mass is 456 g/mol. The van der Waals surface area contributed by atoms with Crippen LogP contribution in [0.5, 0.6) is 0 Å². The number of rotatable bonds is 7. The highest BCUT2D eigenvalue weighted by atomic mass is 16.4. The third kappa shape index (κ3) is 3.85. The van der Waals surface area contributed by atoms with Crippen LogP contribution in [0.3, 0.4) is 0 Å².